The average Bonchev–Trinajstić information content (AvgIpc) is 3.14. The second-order valence-electron chi connectivity index (χ2n) is 7.28. The number of anilines is 2. The van der Waals surface area contributed by atoms with Gasteiger partial charge in [-0.25, -0.2) is 9.59 Å². The van der Waals surface area contributed by atoms with Crippen molar-refractivity contribution in [3.63, 3.8) is 0 Å². The summed E-state index contributed by atoms with van der Waals surface area (Å²) < 4.78 is 11.4. The van der Waals surface area contributed by atoms with Crippen LogP contribution in [-0.2, 0) is 16.0 Å². The van der Waals surface area contributed by atoms with Crippen molar-refractivity contribution in [3.05, 3.63) is 77.6 Å². The fourth-order valence-corrected chi connectivity index (χ4v) is 3.46. The first-order valence-corrected chi connectivity index (χ1v) is 9.98. The quantitative estimate of drug-likeness (QED) is 0.544. The minimum Gasteiger partial charge on any atom is -0.453 e. The first-order valence-electron chi connectivity index (χ1n) is 9.98. The monoisotopic (exact) mass is 434 g/mol. The molecule has 164 valence electrons. The van der Waals surface area contributed by atoms with E-state index in [1.165, 1.54) is 0 Å². The molecule has 1 aliphatic heterocycles. The first-order chi connectivity index (χ1) is 15.5. The minimum atomic E-state index is -0.674. The molecular formula is C22H22N6O4. The van der Waals surface area contributed by atoms with E-state index in [0.29, 0.717) is 30.0 Å². The fraction of sp³-hybridized carbons (Fsp3) is 0.227. The molecule has 10 nitrogen and oxygen atoms in total. The summed E-state index contributed by atoms with van der Waals surface area (Å²) in [6.07, 6.45) is -1.35. The Morgan fingerprint density at radius 3 is 1.66 bits per heavy atom. The van der Waals surface area contributed by atoms with Crippen LogP contribution in [-0.4, -0.2) is 57.1 Å². The number of aromatic nitrogens is 3. The molecule has 2 heterocycles. The number of rotatable bonds is 6. The zero-order chi connectivity index (χ0) is 22.5. The van der Waals surface area contributed by atoms with Crippen LogP contribution in [0.1, 0.15) is 26.5 Å². The van der Waals surface area contributed by atoms with Crippen molar-refractivity contribution in [1.82, 2.24) is 19.9 Å². The lowest BCUT2D eigenvalue weighted by Gasteiger charge is -2.19. The summed E-state index contributed by atoms with van der Waals surface area (Å²) in [4.78, 5) is 39.0. The van der Waals surface area contributed by atoms with Gasteiger partial charge in [-0.15, -0.1) is 0 Å². The van der Waals surface area contributed by atoms with E-state index in [0.717, 1.165) is 0 Å². The second-order valence-corrected chi connectivity index (χ2v) is 7.28. The Morgan fingerprint density at radius 1 is 0.781 bits per heavy atom. The Bertz CT molecular complexity index is 1010. The third kappa shape index (κ3) is 5.16. The summed E-state index contributed by atoms with van der Waals surface area (Å²) in [6, 6.07) is 17.3. The molecule has 0 amide bonds. The highest BCUT2D eigenvalue weighted by Crippen LogP contribution is 2.21. The van der Waals surface area contributed by atoms with Crippen LogP contribution in [0.2, 0.25) is 0 Å². The van der Waals surface area contributed by atoms with E-state index in [1.807, 2.05) is 17.0 Å². The molecule has 0 saturated carbocycles. The summed E-state index contributed by atoms with van der Waals surface area (Å²) in [5.74, 6) is -0.575. The van der Waals surface area contributed by atoms with E-state index in [9.17, 15) is 9.59 Å². The molecule has 0 spiro atoms. The van der Waals surface area contributed by atoms with Crippen LogP contribution in [0.5, 0.6) is 0 Å². The van der Waals surface area contributed by atoms with Crippen molar-refractivity contribution in [2.75, 3.05) is 24.6 Å². The van der Waals surface area contributed by atoms with Crippen LogP contribution < -0.4 is 11.5 Å². The third-order valence-corrected chi connectivity index (χ3v) is 4.91. The maximum atomic E-state index is 12.6. The fourth-order valence-electron chi connectivity index (χ4n) is 3.46. The topological polar surface area (TPSA) is 147 Å². The highest BCUT2D eigenvalue weighted by molar-refractivity contribution is 5.90. The lowest BCUT2D eigenvalue weighted by molar-refractivity contribution is -0.0176. The molecule has 4 N–H and O–H groups in total. The number of nitrogen functional groups attached to an aromatic ring is 2. The molecular weight excluding hydrogens is 412 g/mol. The number of hydrogen-bond donors (Lipinski definition) is 2. The van der Waals surface area contributed by atoms with E-state index >= 15 is 0 Å². The molecule has 0 unspecified atom stereocenters. The number of esters is 2. The summed E-state index contributed by atoms with van der Waals surface area (Å²) in [5, 5.41) is 0. The maximum absolute atomic E-state index is 12.6. The SMILES string of the molecule is Nc1nc(N)nc(CN2C[C@H](OC(=O)c3ccccc3)[C@@H](OC(=O)c3ccccc3)C2)n1. The van der Waals surface area contributed by atoms with Gasteiger partial charge in [0, 0.05) is 13.1 Å². The number of carbonyl (C=O) groups excluding carboxylic acids is 2. The summed E-state index contributed by atoms with van der Waals surface area (Å²) in [5.41, 5.74) is 12.1. The van der Waals surface area contributed by atoms with Crippen molar-refractivity contribution < 1.29 is 19.1 Å². The Labute approximate surface area is 184 Å². The van der Waals surface area contributed by atoms with E-state index < -0.39 is 24.1 Å². The van der Waals surface area contributed by atoms with Crippen LogP contribution >= 0.6 is 0 Å². The lowest BCUT2D eigenvalue weighted by Crippen LogP contribution is -2.34. The first kappa shape index (κ1) is 21.2. The van der Waals surface area contributed by atoms with Crippen molar-refractivity contribution in [2.45, 2.75) is 18.8 Å². The Hall–Kier alpha value is -4.05. The van der Waals surface area contributed by atoms with Gasteiger partial charge in [0.2, 0.25) is 11.9 Å². The van der Waals surface area contributed by atoms with Gasteiger partial charge < -0.3 is 20.9 Å². The van der Waals surface area contributed by atoms with Crippen molar-refractivity contribution >= 4 is 23.8 Å². The van der Waals surface area contributed by atoms with Crippen molar-refractivity contribution in [3.8, 4) is 0 Å². The predicted molar refractivity (Wildman–Crippen MR) is 115 cm³/mol. The van der Waals surface area contributed by atoms with Crippen LogP contribution in [0.3, 0.4) is 0 Å². The maximum Gasteiger partial charge on any atom is 0.338 e. The number of carbonyl (C=O) groups is 2. The molecule has 1 aromatic heterocycles. The number of benzene rings is 2. The number of hydrogen-bond acceptors (Lipinski definition) is 10. The summed E-state index contributed by atoms with van der Waals surface area (Å²) >= 11 is 0. The van der Waals surface area contributed by atoms with Gasteiger partial charge in [0.1, 0.15) is 5.82 Å². The molecule has 1 saturated heterocycles. The minimum absolute atomic E-state index is 0.0193. The third-order valence-electron chi connectivity index (χ3n) is 4.91. The Morgan fingerprint density at radius 2 is 1.22 bits per heavy atom. The molecule has 1 fully saturated rings. The largest absolute Gasteiger partial charge is 0.453 e. The predicted octanol–water partition coefficient (Wildman–Crippen LogP) is 1.30. The molecule has 1 aliphatic rings. The molecule has 2 atom stereocenters. The smallest absolute Gasteiger partial charge is 0.338 e. The number of nitrogens with zero attached hydrogens (tertiary/aromatic N) is 4. The zero-order valence-corrected chi connectivity index (χ0v) is 17.1. The summed E-state index contributed by atoms with van der Waals surface area (Å²) in [6.45, 7) is 0.906. The van der Waals surface area contributed by atoms with Crippen LogP contribution in [0.4, 0.5) is 11.9 Å². The number of likely N-dealkylation sites (tertiary alicyclic amines) is 1. The molecule has 4 rings (SSSR count). The van der Waals surface area contributed by atoms with Gasteiger partial charge in [-0.2, -0.15) is 15.0 Å². The van der Waals surface area contributed by atoms with Gasteiger partial charge in [0.15, 0.2) is 12.2 Å². The van der Waals surface area contributed by atoms with Crippen molar-refractivity contribution in [2.24, 2.45) is 0 Å². The molecule has 2 aromatic carbocycles. The van der Waals surface area contributed by atoms with Gasteiger partial charge in [0.05, 0.1) is 17.7 Å². The molecule has 32 heavy (non-hydrogen) atoms. The summed E-state index contributed by atoms with van der Waals surface area (Å²) in [7, 11) is 0. The van der Waals surface area contributed by atoms with E-state index in [4.69, 9.17) is 20.9 Å². The number of nitrogens with two attached hydrogens (primary N) is 2. The normalized spacial score (nSPS) is 18.2. The van der Waals surface area contributed by atoms with E-state index in [2.05, 4.69) is 15.0 Å². The van der Waals surface area contributed by atoms with Crippen LogP contribution in [0.25, 0.3) is 0 Å². The van der Waals surface area contributed by atoms with Gasteiger partial charge >= 0.3 is 11.9 Å². The Balaban J connectivity index is 1.50. The average molecular weight is 434 g/mol. The van der Waals surface area contributed by atoms with Crippen LogP contribution in [0, 0.1) is 0 Å². The van der Waals surface area contributed by atoms with E-state index in [-0.39, 0.29) is 18.4 Å². The molecule has 0 radical (unpaired) electrons. The number of ether oxygens (including phenoxy) is 2. The zero-order valence-electron chi connectivity index (χ0n) is 17.1. The van der Waals surface area contributed by atoms with Crippen molar-refractivity contribution in [1.29, 1.82) is 0 Å². The van der Waals surface area contributed by atoms with E-state index in [1.54, 1.807) is 48.5 Å². The van der Waals surface area contributed by atoms with Gasteiger partial charge in [0.25, 0.3) is 0 Å². The molecule has 3 aromatic rings. The highest BCUT2D eigenvalue weighted by atomic mass is 16.6. The van der Waals surface area contributed by atoms with Crippen LogP contribution in [0.15, 0.2) is 60.7 Å². The Kier molecular flexibility index (Phi) is 6.22. The molecule has 10 heteroatoms. The molecule has 0 bridgehead atoms. The van der Waals surface area contributed by atoms with Gasteiger partial charge in [-0.3, -0.25) is 4.90 Å². The highest BCUT2D eigenvalue weighted by Gasteiger charge is 2.39. The van der Waals surface area contributed by atoms with Gasteiger partial charge in [-0.05, 0) is 24.3 Å². The lowest BCUT2D eigenvalue weighted by atomic mass is 10.2. The van der Waals surface area contributed by atoms with Gasteiger partial charge in [-0.1, -0.05) is 36.4 Å². The molecule has 0 aliphatic carbocycles. The second kappa shape index (κ2) is 9.40. The standard InChI is InChI=1S/C22H22N6O4/c23-21-25-18(26-22(24)27-21)13-28-11-16(31-19(29)14-7-3-1-4-8-14)17(12-28)32-20(30)15-9-5-2-6-10-15/h1-10,16-17H,11-13H2,(H4,23,24,25,26,27)/t16-,17-/m0/s1.